The van der Waals surface area contributed by atoms with E-state index in [1.165, 1.54) is 40.3 Å². The maximum atomic E-state index is 6.95. The molecule has 68 heavy (non-hydrogen) atoms. The molecule has 11 aromatic carbocycles. The van der Waals surface area contributed by atoms with E-state index in [2.05, 4.69) is 228 Å². The summed E-state index contributed by atoms with van der Waals surface area (Å²) in [5, 5.41) is 9.35. The molecule has 2 aliphatic rings. The highest BCUT2D eigenvalue weighted by atomic mass is 32.1. The number of para-hydroxylation sites is 4. The van der Waals surface area contributed by atoms with Gasteiger partial charge in [0.2, 0.25) is 0 Å². The molecule has 13 aromatic rings. The van der Waals surface area contributed by atoms with Gasteiger partial charge in [0.25, 0.3) is 0 Å². The lowest BCUT2D eigenvalue weighted by molar-refractivity contribution is 0.477. The van der Waals surface area contributed by atoms with Crippen molar-refractivity contribution >= 4 is 119 Å². The first kappa shape index (κ1) is 37.8. The van der Waals surface area contributed by atoms with Gasteiger partial charge in [-0.05, 0) is 95.1 Å². The lowest BCUT2D eigenvalue weighted by atomic mass is 9.90. The number of anilines is 6. The van der Waals surface area contributed by atoms with E-state index in [1.54, 1.807) is 0 Å². The topological polar surface area (TPSA) is 24.9 Å². The van der Waals surface area contributed by atoms with Crippen molar-refractivity contribution in [3.8, 4) is 45.3 Å². The van der Waals surface area contributed by atoms with Gasteiger partial charge in [-0.1, -0.05) is 146 Å². The largest absolute Gasteiger partial charge is 0.453 e. The molecule has 15 rings (SSSR count). The third-order valence-electron chi connectivity index (χ3n) is 13.8. The average molecular weight is 905 g/mol. The predicted octanol–water partition coefficient (Wildman–Crippen LogP) is 19.2. The highest BCUT2D eigenvalue weighted by Gasteiger charge is 2.34. The van der Waals surface area contributed by atoms with E-state index in [-0.39, 0.29) is 0 Å². The Morgan fingerprint density at radius 1 is 0.250 bits per heavy atom. The minimum atomic E-state index is 0.813. The van der Waals surface area contributed by atoms with Crippen LogP contribution in [0.3, 0.4) is 0 Å². The van der Waals surface area contributed by atoms with Crippen LogP contribution in [0.2, 0.25) is 0 Å². The number of benzene rings is 11. The van der Waals surface area contributed by atoms with Crippen LogP contribution in [0.15, 0.2) is 218 Å². The third-order valence-corrected chi connectivity index (χ3v) is 16.0. The molecule has 4 nitrogen and oxygen atoms in total. The molecule has 6 heteroatoms. The molecule has 0 spiro atoms. The van der Waals surface area contributed by atoms with Crippen molar-refractivity contribution in [2.24, 2.45) is 0 Å². The second kappa shape index (κ2) is 14.5. The van der Waals surface area contributed by atoms with Gasteiger partial charge in [0.15, 0.2) is 23.0 Å². The first-order valence-electron chi connectivity index (χ1n) is 22.9. The van der Waals surface area contributed by atoms with Gasteiger partial charge in [0.1, 0.15) is 0 Å². The summed E-state index contributed by atoms with van der Waals surface area (Å²) < 4.78 is 18.8. The molecule has 0 aliphatic carbocycles. The van der Waals surface area contributed by atoms with Gasteiger partial charge in [-0.2, -0.15) is 0 Å². The number of hydrogen-bond acceptors (Lipinski definition) is 6. The van der Waals surface area contributed by atoms with Gasteiger partial charge in [0.05, 0.1) is 34.1 Å². The summed E-state index contributed by atoms with van der Waals surface area (Å²) in [4.78, 5) is 4.96. The van der Waals surface area contributed by atoms with Gasteiger partial charge in [0, 0.05) is 61.9 Å². The smallest absolute Gasteiger partial charge is 0.152 e. The van der Waals surface area contributed by atoms with E-state index in [0.717, 1.165) is 101 Å². The van der Waals surface area contributed by atoms with Crippen LogP contribution in [0.5, 0.6) is 23.0 Å². The van der Waals surface area contributed by atoms with Crippen LogP contribution in [0, 0.1) is 0 Å². The van der Waals surface area contributed by atoms with E-state index < -0.39 is 0 Å². The minimum Gasteiger partial charge on any atom is -0.453 e. The molecule has 0 fully saturated rings. The Morgan fingerprint density at radius 3 is 1.13 bits per heavy atom. The zero-order valence-corrected chi connectivity index (χ0v) is 37.9. The van der Waals surface area contributed by atoms with Crippen molar-refractivity contribution < 1.29 is 9.47 Å². The van der Waals surface area contributed by atoms with E-state index in [4.69, 9.17) is 9.47 Å². The fourth-order valence-electron chi connectivity index (χ4n) is 10.7. The molecule has 0 atom stereocenters. The Labute approximate surface area is 399 Å². The monoisotopic (exact) mass is 904 g/mol. The predicted molar refractivity (Wildman–Crippen MR) is 288 cm³/mol. The van der Waals surface area contributed by atoms with E-state index in [1.807, 2.05) is 22.7 Å². The van der Waals surface area contributed by atoms with Crippen LogP contribution in [0.4, 0.5) is 34.1 Å². The molecule has 0 saturated carbocycles. The molecule has 2 aromatic heterocycles. The summed E-state index contributed by atoms with van der Waals surface area (Å²) in [6, 6.07) is 79.1. The van der Waals surface area contributed by atoms with Crippen LogP contribution in [-0.4, -0.2) is 0 Å². The van der Waals surface area contributed by atoms with Crippen molar-refractivity contribution in [1.82, 2.24) is 0 Å². The van der Waals surface area contributed by atoms with Crippen LogP contribution >= 0.6 is 22.7 Å². The second-order valence-electron chi connectivity index (χ2n) is 17.6. The maximum absolute atomic E-state index is 6.95. The highest BCUT2D eigenvalue weighted by Crippen LogP contribution is 2.60. The van der Waals surface area contributed by atoms with Crippen molar-refractivity contribution in [2.45, 2.75) is 0 Å². The normalized spacial score (nSPS) is 12.9. The van der Waals surface area contributed by atoms with Gasteiger partial charge >= 0.3 is 0 Å². The molecule has 2 aliphatic heterocycles. The molecule has 0 radical (unpaired) electrons. The molecule has 0 N–H and O–H groups in total. The average Bonchev–Trinajstić information content (AvgIpc) is 3.95. The first-order chi connectivity index (χ1) is 33.7. The molecular weight excluding hydrogens is 869 g/mol. The molecule has 4 heterocycles. The minimum absolute atomic E-state index is 0.813. The number of hydrogen-bond donors (Lipinski definition) is 0. The molecule has 0 unspecified atom stereocenters. The van der Waals surface area contributed by atoms with E-state index in [0.29, 0.717) is 0 Å². The highest BCUT2D eigenvalue weighted by molar-refractivity contribution is 7.26. The molecule has 0 bridgehead atoms. The number of rotatable bonds is 4. The Kier molecular flexibility index (Phi) is 8.07. The molecule has 0 amide bonds. The van der Waals surface area contributed by atoms with Crippen molar-refractivity contribution in [2.75, 3.05) is 9.80 Å². The fraction of sp³-hybridized carbons (Fsp3) is 0. The summed E-state index contributed by atoms with van der Waals surface area (Å²) in [6.45, 7) is 0. The Hall–Kier alpha value is -8.42. The van der Waals surface area contributed by atoms with Crippen molar-refractivity contribution in [3.63, 3.8) is 0 Å². The zero-order chi connectivity index (χ0) is 44.5. The van der Waals surface area contributed by atoms with Crippen molar-refractivity contribution in [3.05, 3.63) is 218 Å². The maximum Gasteiger partial charge on any atom is 0.152 e. The standard InChI is InChI=1S/C62H36N2O2S2/c1-3-15-37(16-4-1)39-27-29-43-47(31-39)61(63-49-21-9-11-23-53(49)65-55-33-45-41-19-7-13-25-57(41)67-59(45)35-51(55)63)44-30-28-40(38-17-5-2-6-18-38)32-48(44)62(43)64-50-22-10-12-24-54(50)66-56-34-46-42-20-8-14-26-58(42)68-60(46)36-52(56)64/h1-36H. The summed E-state index contributed by atoms with van der Waals surface area (Å²) >= 11 is 3.66. The zero-order valence-electron chi connectivity index (χ0n) is 36.3. The van der Waals surface area contributed by atoms with Gasteiger partial charge in [-0.25, -0.2) is 0 Å². The third kappa shape index (κ3) is 5.59. The van der Waals surface area contributed by atoms with Crippen molar-refractivity contribution in [1.29, 1.82) is 0 Å². The number of fused-ring (bicyclic) bond motifs is 12. The second-order valence-corrected chi connectivity index (χ2v) is 19.8. The number of nitrogens with zero attached hydrogens (tertiary/aromatic N) is 2. The lowest BCUT2D eigenvalue weighted by Gasteiger charge is -2.37. The molecular formula is C62H36N2O2S2. The summed E-state index contributed by atoms with van der Waals surface area (Å²) in [7, 11) is 0. The molecule has 0 saturated heterocycles. The Balaban J connectivity index is 1.10. The van der Waals surface area contributed by atoms with Crippen LogP contribution < -0.4 is 19.3 Å². The van der Waals surface area contributed by atoms with Gasteiger partial charge in [-0.3, -0.25) is 0 Å². The first-order valence-corrected chi connectivity index (χ1v) is 24.5. The quantitative estimate of drug-likeness (QED) is 0.164. The fourth-order valence-corrected chi connectivity index (χ4v) is 13.0. The van der Waals surface area contributed by atoms with Gasteiger partial charge in [-0.15, -0.1) is 22.7 Å². The van der Waals surface area contributed by atoms with Crippen LogP contribution in [0.25, 0.3) is 84.1 Å². The number of thiophene rings is 2. The summed E-state index contributed by atoms with van der Waals surface area (Å²) in [5.41, 5.74) is 10.8. The van der Waals surface area contributed by atoms with E-state index >= 15 is 0 Å². The van der Waals surface area contributed by atoms with Crippen LogP contribution in [-0.2, 0) is 0 Å². The Morgan fingerprint density at radius 2 is 0.662 bits per heavy atom. The SMILES string of the molecule is c1ccc(-c2ccc3c(N4c5ccccc5Oc5cc6c(cc54)sc4ccccc46)c4cc(-c5ccccc5)ccc4c(N4c5ccccc5Oc5cc6c(cc54)sc4ccccc46)c3c2)cc1. The lowest BCUT2D eigenvalue weighted by Crippen LogP contribution is -2.19. The van der Waals surface area contributed by atoms with E-state index in [9.17, 15) is 0 Å². The van der Waals surface area contributed by atoms with Gasteiger partial charge < -0.3 is 19.3 Å². The molecule has 318 valence electrons. The summed E-state index contributed by atoms with van der Waals surface area (Å²) in [6.07, 6.45) is 0. The van der Waals surface area contributed by atoms with Crippen LogP contribution in [0.1, 0.15) is 0 Å². The Bertz CT molecular complexity index is 3960. The summed E-state index contributed by atoms with van der Waals surface area (Å²) in [5.74, 6) is 3.28. The number of ether oxygens (including phenoxy) is 2.